The van der Waals surface area contributed by atoms with Gasteiger partial charge in [-0.15, -0.1) is 0 Å². The lowest BCUT2D eigenvalue weighted by atomic mass is 10.1. The second-order valence-electron chi connectivity index (χ2n) is 7.95. The lowest BCUT2D eigenvalue weighted by molar-refractivity contribution is -0.122. The van der Waals surface area contributed by atoms with Crippen LogP contribution in [0.25, 0.3) is 6.08 Å². The fourth-order valence-corrected chi connectivity index (χ4v) is 4.45. The third kappa shape index (κ3) is 5.67. The number of hydrogen-bond donors (Lipinski definition) is 1. The minimum Gasteiger partial charge on any atom is -0.493 e. The van der Waals surface area contributed by atoms with Crippen LogP contribution < -0.4 is 19.7 Å². The maximum Gasteiger partial charge on any atom is 0.337 e. The van der Waals surface area contributed by atoms with Crippen LogP contribution in [0.1, 0.15) is 21.5 Å². The van der Waals surface area contributed by atoms with Crippen LogP contribution in [-0.4, -0.2) is 38.0 Å². The second-order valence-corrected chi connectivity index (χ2v) is 9.11. The van der Waals surface area contributed by atoms with E-state index < -0.39 is 23.8 Å². The van der Waals surface area contributed by atoms with Crippen LogP contribution >= 0.6 is 22.6 Å². The average molecular weight is 630 g/mol. The van der Waals surface area contributed by atoms with E-state index in [1.807, 2.05) is 22.6 Å². The number of barbiturate groups is 1. The van der Waals surface area contributed by atoms with Crippen molar-refractivity contribution in [3.8, 4) is 11.5 Å². The largest absolute Gasteiger partial charge is 0.493 e. The molecule has 0 spiro atoms. The summed E-state index contributed by atoms with van der Waals surface area (Å²) in [4.78, 5) is 50.8. The molecule has 0 saturated carbocycles. The molecule has 1 N–H and O–H groups in total. The van der Waals surface area contributed by atoms with E-state index in [9.17, 15) is 23.6 Å². The summed E-state index contributed by atoms with van der Waals surface area (Å²) in [5, 5.41) is 2.15. The molecule has 1 aliphatic heterocycles. The van der Waals surface area contributed by atoms with E-state index >= 15 is 0 Å². The Morgan fingerprint density at radius 2 is 1.79 bits per heavy atom. The van der Waals surface area contributed by atoms with E-state index in [4.69, 9.17) is 9.47 Å². The Bertz CT molecular complexity index is 1470. The molecule has 0 radical (unpaired) electrons. The summed E-state index contributed by atoms with van der Waals surface area (Å²) in [7, 11) is 2.67. The highest BCUT2D eigenvalue weighted by molar-refractivity contribution is 14.1. The number of carbonyl (C=O) groups is 4. The van der Waals surface area contributed by atoms with Crippen LogP contribution in [-0.2, 0) is 20.9 Å². The minimum absolute atomic E-state index is 0.0945. The predicted molar refractivity (Wildman–Crippen MR) is 143 cm³/mol. The van der Waals surface area contributed by atoms with E-state index in [0.29, 0.717) is 26.2 Å². The summed E-state index contributed by atoms with van der Waals surface area (Å²) in [5.74, 6) is -1.92. The van der Waals surface area contributed by atoms with Gasteiger partial charge in [-0.1, -0.05) is 12.1 Å². The van der Waals surface area contributed by atoms with Crippen LogP contribution in [0.15, 0.2) is 66.2 Å². The zero-order chi connectivity index (χ0) is 27.4. The lowest BCUT2D eigenvalue weighted by Gasteiger charge is -2.26. The molecule has 38 heavy (non-hydrogen) atoms. The Hall–Kier alpha value is -4.26. The molecule has 0 aliphatic carbocycles. The highest BCUT2D eigenvalue weighted by atomic mass is 127. The van der Waals surface area contributed by atoms with Gasteiger partial charge in [-0.2, -0.15) is 0 Å². The van der Waals surface area contributed by atoms with Gasteiger partial charge in [0, 0.05) is 0 Å². The third-order valence-electron chi connectivity index (χ3n) is 5.48. The number of amides is 4. The van der Waals surface area contributed by atoms with E-state index in [2.05, 4.69) is 10.1 Å². The first-order valence-corrected chi connectivity index (χ1v) is 12.1. The number of esters is 1. The van der Waals surface area contributed by atoms with Gasteiger partial charge in [0.25, 0.3) is 11.8 Å². The molecular weight excluding hydrogens is 610 g/mol. The molecule has 4 rings (SSSR count). The van der Waals surface area contributed by atoms with Gasteiger partial charge in [0.15, 0.2) is 11.5 Å². The molecule has 1 fully saturated rings. The third-order valence-corrected chi connectivity index (χ3v) is 6.28. The molecule has 3 aromatic carbocycles. The normalized spacial score (nSPS) is 14.4. The number of hydrogen-bond acceptors (Lipinski definition) is 7. The molecule has 1 heterocycles. The SMILES string of the molecule is COC(=O)c1ccc(N2C(=O)NC(=O)/C(=C\c3cc(I)c(OCc4cccc(F)c4)c(OC)c3)C2=O)cc1. The molecule has 9 nitrogen and oxygen atoms in total. The van der Waals surface area contributed by atoms with E-state index in [-0.39, 0.29) is 29.2 Å². The van der Waals surface area contributed by atoms with Crippen molar-refractivity contribution in [3.05, 3.63) is 92.3 Å². The van der Waals surface area contributed by atoms with Crippen LogP contribution in [0.5, 0.6) is 11.5 Å². The number of carbonyl (C=O) groups excluding carboxylic acids is 4. The number of ether oxygens (including phenoxy) is 3. The summed E-state index contributed by atoms with van der Waals surface area (Å²) in [6.45, 7) is 0.0945. The molecule has 0 atom stereocenters. The first-order valence-electron chi connectivity index (χ1n) is 11.1. The van der Waals surface area contributed by atoms with Gasteiger partial charge >= 0.3 is 12.0 Å². The van der Waals surface area contributed by atoms with Crippen molar-refractivity contribution in [2.24, 2.45) is 0 Å². The fraction of sp³-hybridized carbons (Fsp3) is 0.111. The fourth-order valence-electron chi connectivity index (χ4n) is 3.67. The number of benzene rings is 3. The van der Waals surface area contributed by atoms with Crippen molar-refractivity contribution in [1.29, 1.82) is 0 Å². The Labute approximate surface area is 230 Å². The summed E-state index contributed by atoms with van der Waals surface area (Å²) >= 11 is 2.02. The maximum absolute atomic E-state index is 13.5. The first kappa shape index (κ1) is 26.8. The molecule has 0 aromatic heterocycles. The van der Waals surface area contributed by atoms with Crippen molar-refractivity contribution in [2.45, 2.75) is 6.61 Å². The van der Waals surface area contributed by atoms with Crippen molar-refractivity contribution >= 4 is 58.2 Å². The number of nitrogens with one attached hydrogen (secondary N) is 1. The number of methoxy groups -OCH3 is 2. The molecule has 1 aliphatic rings. The van der Waals surface area contributed by atoms with Crippen molar-refractivity contribution in [3.63, 3.8) is 0 Å². The lowest BCUT2D eigenvalue weighted by Crippen LogP contribution is -2.54. The zero-order valence-corrected chi connectivity index (χ0v) is 22.3. The maximum atomic E-state index is 13.5. The van der Waals surface area contributed by atoms with E-state index in [1.165, 1.54) is 56.7 Å². The van der Waals surface area contributed by atoms with Gasteiger partial charge in [0.05, 0.1) is 29.0 Å². The topological polar surface area (TPSA) is 111 Å². The monoisotopic (exact) mass is 630 g/mol. The Morgan fingerprint density at radius 3 is 2.45 bits per heavy atom. The van der Waals surface area contributed by atoms with Gasteiger partial charge in [0.1, 0.15) is 18.0 Å². The van der Waals surface area contributed by atoms with Crippen LogP contribution in [0.3, 0.4) is 0 Å². The van der Waals surface area contributed by atoms with Crippen molar-refractivity contribution in [2.75, 3.05) is 19.1 Å². The molecular formula is C27H20FIN2O7. The standard InChI is InChI=1S/C27H20FIN2O7/c1-36-22-13-16(12-21(29)23(22)38-14-15-4-3-5-18(28)10-15)11-20-24(32)30-27(35)31(25(20)33)19-8-6-17(7-9-19)26(34)37-2/h3-13H,14H2,1-2H3,(H,30,32,35)/b20-11+. The number of nitrogens with zero attached hydrogens (tertiary/aromatic N) is 1. The Morgan fingerprint density at radius 1 is 1.05 bits per heavy atom. The number of imide groups is 2. The smallest absolute Gasteiger partial charge is 0.337 e. The van der Waals surface area contributed by atoms with Gasteiger partial charge in [-0.3, -0.25) is 14.9 Å². The molecule has 0 bridgehead atoms. The molecule has 3 aromatic rings. The number of urea groups is 1. The van der Waals surface area contributed by atoms with Gasteiger partial charge in [0.2, 0.25) is 0 Å². The van der Waals surface area contributed by atoms with E-state index in [0.717, 1.165) is 4.90 Å². The van der Waals surface area contributed by atoms with Crippen LogP contribution in [0.2, 0.25) is 0 Å². The Balaban J connectivity index is 1.62. The molecule has 4 amide bonds. The van der Waals surface area contributed by atoms with Gasteiger partial charge in [-0.25, -0.2) is 18.9 Å². The summed E-state index contributed by atoms with van der Waals surface area (Å²) < 4.78 is 30.1. The zero-order valence-electron chi connectivity index (χ0n) is 20.1. The van der Waals surface area contributed by atoms with Crippen molar-refractivity contribution in [1.82, 2.24) is 5.32 Å². The van der Waals surface area contributed by atoms with Crippen molar-refractivity contribution < 1.29 is 37.8 Å². The van der Waals surface area contributed by atoms with Crippen LogP contribution in [0, 0.1) is 9.39 Å². The highest BCUT2D eigenvalue weighted by Gasteiger charge is 2.37. The summed E-state index contributed by atoms with van der Waals surface area (Å²) in [5.41, 5.74) is 1.18. The number of anilines is 1. The summed E-state index contributed by atoms with van der Waals surface area (Å²) in [6.07, 6.45) is 1.33. The average Bonchev–Trinajstić information content (AvgIpc) is 2.90. The number of halogens is 2. The highest BCUT2D eigenvalue weighted by Crippen LogP contribution is 2.35. The summed E-state index contributed by atoms with van der Waals surface area (Å²) in [6, 6.07) is 13.9. The first-order chi connectivity index (χ1) is 18.2. The minimum atomic E-state index is -0.920. The quantitative estimate of drug-likeness (QED) is 0.178. The molecule has 1 saturated heterocycles. The van der Waals surface area contributed by atoms with E-state index in [1.54, 1.807) is 24.3 Å². The van der Waals surface area contributed by atoms with Crippen LogP contribution in [0.4, 0.5) is 14.9 Å². The second kappa shape index (κ2) is 11.4. The Kier molecular flexibility index (Phi) is 8.05. The molecule has 194 valence electrons. The molecule has 0 unspecified atom stereocenters. The number of rotatable bonds is 7. The van der Waals surface area contributed by atoms with Gasteiger partial charge in [-0.05, 0) is 88.3 Å². The van der Waals surface area contributed by atoms with Gasteiger partial charge < -0.3 is 14.2 Å². The molecule has 11 heteroatoms. The predicted octanol–water partition coefficient (Wildman–Crippen LogP) is 4.47.